The Hall–Kier alpha value is 0.450. The molecule has 0 spiro atoms. The maximum absolute atomic E-state index is 5.91. The van der Waals surface area contributed by atoms with Gasteiger partial charge < -0.3 is 4.52 Å². The Labute approximate surface area is 158 Å². The topological polar surface area (TPSA) is 9.23 Å². The molecule has 0 aliphatic heterocycles. The quantitative estimate of drug-likeness (QED) is 0.445. The van der Waals surface area contributed by atoms with Gasteiger partial charge in [-0.1, -0.05) is 51.8 Å². The van der Waals surface area contributed by atoms with Crippen LogP contribution in [0.5, 0.6) is 0 Å². The molecule has 0 saturated heterocycles. The minimum Gasteiger partial charge on any atom is -0.331 e. The molecular weight excluding hydrogens is 358 g/mol. The number of hydrogen-bond donors (Lipinski definition) is 0. The average Bonchev–Trinajstić information content (AvgIpc) is 2.52. The minimum atomic E-state index is -1.31. The number of rotatable bonds is 4. The highest BCUT2D eigenvalue weighted by Gasteiger charge is 2.54. The molecule has 4 atom stereocenters. The summed E-state index contributed by atoms with van der Waals surface area (Å²) in [7, 11) is 0. The summed E-state index contributed by atoms with van der Waals surface area (Å²) < 4.78 is 5.73. The van der Waals surface area contributed by atoms with E-state index in [0.29, 0.717) is 29.8 Å². The zero-order valence-electron chi connectivity index (χ0n) is 15.4. The summed E-state index contributed by atoms with van der Waals surface area (Å²) in [5, 5.41) is 0. The fourth-order valence-electron chi connectivity index (χ4n) is 5.84. The zero-order valence-corrected chi connectivity index (χ0v) is 17.9. The fraction of sp³-hybridized carbons (Fsp3) is 0.800. The smallest absolute Gasteiger partial charge is 0.225 e. The Balaban J connectivity index is 1.88. The van der Waals surface area contributed by atoms with Crippen LogP contribution in [0.15, 0.2) is 23.3 Å². The van der Waals surface area contributed by atoms with Crippen LogP contribution in [0.25, 0.3) is 0 Å². The molecule has 3 rings (SSSR count). The minimum absolute atomic E-state index is 0.196. The van der Waals surface area contributed by atoms with Crippen molar-refractivity contribution in [2.45, 2.75) is 66.2 Å². The SMILES string of the molecule is CC(C)C1=CC2=CC[C@H]3[C@](C)(COP(Cl)Cl)CCC[C@]3(C)[C@H]2CC1. The lowest BCUT2D eigenvalue weighted by Crippen LogP contribution is -2.51. The molecule has 136 valence electrons. The average molecular weight is 389 g/mol. The third-order valence-electron chi connectivity index (χ3n) is 7.20. The van der Waals surface area contributed by atoms with Crippen molar-refractivity contribution in [1.29, 1.82) is 0 Å². The number of allylic oxidation sites excluding steroid dienone is 4. The van der Waals surface area contributed by atoms with Crippen molar-refractivity contribution in [2.75, 3.05) is 6.61 Å². The van der Waals surface area contributed by atoms with Gasteiger partial charge in [0.25, 0.3) is 0 Å². The molecule has 0 N–H and O–H groups in total. The van der Waals surface area contributed by atoms with Gasteiger partial charge in [-0.15, -0.1) is 0 Å². The van der Waals surface area contributed by atoms with E-state index < -0.39 is 6.85 Å². The van der Waals surface area contributed by atoms with E-state index >= 15 is 0 Å². The highest BCUT2D eigenvalue weighted by molar-refractivity contribution is 8.00. The number of hydrogen-bond acceptors (Lipinski definition) is 1. The van der Waals surface area contributed by atoms with Crippen molar-refractivity contribution in [3.8, 4) is 0 Å². The molecule has 0 heterocycles. The first-order valence-electron chi connectivity index (χ1n) is 9.41. The number of fused-ring (bicyclic) bond motifs is 3. The summed E-state index contributed by atoms with van der Waals surface area (Å²) in [6.07, 6.45) is 12.7. The molecule has 1 fully saturated rings. The van der Waals surface area contributed by atoms with Crippen molar-refractivity contribution in [3.63, 3.8) is 0 Å². The maximum atomic E-state index is 5.91. The molecular formula is C20H31Cl2OP. The van der Waals surface area contributed by atoms with Crippen molar-refractivity contribution in [2.24, 2.45) is 28.6 Å². The van der Waals surface area contributed by atoms with E-state index in [1.54, 1.807) is 11.1 Å². The van der Waals surface area contributed by atoms with E-state index in [0.717, 1.165) is 0 Å². The Morgan fingerprint density at radius 3 is 2.71 bits per heavy atom. The van der Waals surface area contributed by atoms with Crippen LogP contribution in [0.1, 0.15) is 66.2 Å². The van der Waals surface area contributed by atoms with Crippen LogP contribution in [-0.4, -0.2) is 6.61 Å². The van der Waals surface area contributed by atoms with E-state index in [-0.39, 0.29) is 5.41 Å². The Kier molecular flexibility index (Phi) is 5.78. The molecule has 24 heavy (non-hydrogen) atoms. The predicted molar refractivity (Wildman–Crippen MR) is 106 cm³/mol. The molecule has 4 heteroatoms. The molecule has 0 unspecified atom stereocenters. The van der Waals surface area contributed by atoms with Crippen LogP contribution in [0.2, 0.25) is 0 Å². The number of halogens is 2. The second kappa shape index (κ2) is 7.22. The summed E-state index contributed by atoms with van der Waals surface area (Å²) in [4.78, 5) is 0. The van der Waals surface area contributed by atoms with Gasteiger partial charge in [0.05, 0.1) is 6.61 Å². The van der Waals surface area contributed by atoms with Crippen LogP contribution >= 0.6 is 29.3 Å². The summed E-state index contributed by atoms with van der Waals surface area (Å²) in [6.45, 7) is 8.99. The van der Waals surface area contributed by atoms with E-state index in [1.165, 1.54) is 38.5 Å². The van der Waals surface area contributed by atoms with E-state index in [1.807, 2.05) is 0 Å². The van der Waals surface area contributed by atoms with E-state index in [2.05, 4.69) is 39.8 Å². The van der Waals surface area contributed by atoms with Crippen molar-refractivity contribution >= 4 is 29.3 Å². The van der Waals surface area contributed by atoms with Gasteiger partial charge in [-0.3, -0.25) is 0 Å². The molecule has 0 radical (unpaired) electrons. The van der Waals surface area contributed by atoms with Gasteiger partial charge >= 0.3 is 0 Å². The van der Waals surface area contributed by atoms with Gasteiger partial charge in [0.15, 0.2) is 0 Å². The Bertz CT molecular complexity index is 542. The van der Waals surface area contributed by atoms with Crippen LogP contribution in [0.3, 0.4) is 0 Å². The molecule has 0 aromatic heterocycles. The molecule has 0 amide bonds. The largest absolute Gasteiger partial charge is 0.331 e. The van der Waals surface area contributed by atoms with Crippen LogP contribution in [0, 0.1) is 28.6 Å². The molecule has 1 saturated carbocycles. The van der Waals surface area contributed by atoms with Gasteiger partial charge in [0.2, 0.25) is 6.85 Å². The highest BCUT2D eigenvalue weighted by Crippen LogP contribution is 2.63. The summed E-state index contributed by atoms with van der Waals surface area (Å²) >= 11 is 11.8. The maximum Gasteiger partial charge on any atom is 0.225 e. The first-order valence-corrected chi connectivity index (χ1v) is 12.5. The Morgan fingerprint density at radius 1 is 1.29 bits per heavy atom. The van der Waals surface area contributed by atoms with Crippen molar-refractivity contribution in [1.82, 2.24) is 0 Å². The van der Waals surface area contributed by atoms with Crippen LogP contribution < -0.4 is 0 Å². The standard InChI is InChI=1S/C20H31Cl2OP/c1-14(2)15-6-8-17-16(12-15)7-9-18-19(3,13-23-24(21)22)10-5-11-20(17,18)4/h7,12,14,17-18H,5-6,8-11,13H2,1-4H3/t17-,18-,19-,20+/m0/s1. The Morgan fingerprint density at radius 2 is 2.04 bits per heavy atom. The zero-order chi connectivity index (χ0) is 17.5. The van der Waals surface area contributed by atoms with E-state index in [4.69, 9.17) is 27.0 Å². The van der Waals surface area contributed by atoms with Gasteiger partial charge in [-0.05, 0) is 88.7 Å². The third-order valence-corrected chi connectivity index (χ3v) is 8.11. The normalized spacial score (nSPS) is 39.3. The molecule has 0 aromatic rings. The monoisotopic (exact) mass is 388 g/mol. The van der Waals surface area contributed by atoms with Crippen LogP contribution in [0.4, 0.5) is 0 Å². The third kappa shape index (κ3) is 3.48. The molecule has 0 bridgehead atoms. The van der Waals surface area contributed by atoms with E-state index in [9.17, 15) is 0 Å². The second-order valence-corrected chi connectivity index (χ2v) is 12.0. The lowest BCUT2D eigenvalue weighted by molar-refractivity contribution is -0.0667. The molecule has 3 aliphatic rings. The molecule has 1 nitrogen and oxygen atoms in total. The van der Waals surface area contributed by atoms with Gasteiger partial charge in [0.1, 0.15) is 0 Å². The highest BCUT2D eigenvalue weighted by atomic mass is 35.9. The van der Waals surface area contributed by atoms with Gasteiger partial charge in [-0.2, -0.15) is 0 Å². The first kappa shape index (κ1) is 19.2. The molecule has 0 aromatic carbocycles. The lowest BCUT2D eigenvalue weighted by Gasteiger charge is -2.58. The van der Waals surface area contributed by atoms with Gasteiger partial charge in [-0.25, -0.2) is 0 Å². The van der Waals surface area contributed by atoms with Crippen molar-refractivity contribution in [3.05, 3.63) is 23.3 Å². The fourth-order valence-corrected chi connectivity index (χ4v) is 6.53. The predicted octanol–water partition coefficient (Wildman–Crippen LogP) is 7.84. The second-order valence-electron chi connectivity index (χ2n) is 8.95. The van der Waals surface area contributed by atoms with Crippen molar-refractivity contribution < 1.29 is 4.52 Å². The summed E-state index contributed by atoms with van der Waals surface area (Å²) in [6, 6.07) is 0. The molecule has 3 aliphatic carbocycles. The van der Waals surface area contributed by atoms with Gasteiger partial charge in [0, 0.05) is 0 Å². The lowest BCUT2D eigenvalue weighted by atomic mass is 9.47. The van der Waals surface area contributed by atoms with Crippen LogP contribution in [-0.2, 0) is 4.52 Å². The first-order chi connectivity index (χ1) is 11.3. The summed E-state index contributed by atoms with van der Waals surface area (Å²) in [5.74, 6) is 2.06. The summed E-state index contributed by atoms with van der Waals surface area (Å²) in [5.41, 5.74) is 3.84.